The SMILES string of the molecule is CN=C(NCc1ccc(C)cc1)NCc1cn(C)nc1C(F)(F)F. The highest BCUT2D eigenvalue weighted by atomic mass is 19.4. The van der Waals surface area contributed by atoms with Gasteiger partial charge in [-0.05, 0) is 12.5 Å². The summed E-state index contributed by atoms with van der Waals surface area (Å²) in [6.07, 6.45) is -3.12. The monoisotopic (exact) mass is 339 g/mol. The van der Waals surface area contributed by atoms with Gasteiger partial charge in [0.05, 0.1) is 0 Å². The Bertz CT molecular complexity index is 701. The number of alkyl halides is 3. The van der Waals surface area contributed by atoms with E-state index in [-0.39, 0.29) is 12.1 Å². The predicted octanol–water partition coefficient (Wildman–Crippen LogP) is 2.61. The number of rotatable bonds is 4. The van der Waals surface area contributed by atoms with Crippen molar-refractivity contribution in [3.8, 4) is 0 Å². The lowest BCUT2D eigenvalue weighted by Crippen LogP contribution is -2.36. The summed E-state index contributed by atoms with van der Waals surface area (Å²) in [6, 6.07) is 7.97. The van der Waals surface area contributed by atoms with Gasteiger partial charge in [-0.1, -0.05) is 29.8 Å². The minimum absolute atomic E-state index is 0.0176. The second-order valence-corrected chi connectivity index (χ2v) is 5.44. The summed E-state index contributed by atoms with van der Waals surface area (Å²) in [5.74, 6) is 0.424. The number of aliphatic imine (C=N–C) groups is 1. The summed E-state index contributed by atoms with van der Waals surface area (Å²) in [6.45, 7) is 2.51. The van der Waals surface area contributed by atoms with Crippen molar-refractivity contribution in [1.82, 2.24) is 20.4 Å². The lowest BCUT2D eigenvalue weighted by Gasteiger charge is -2.12. The first-order chi connectivity index (χ1) is 11.3. The summed E-state index contributed by atoms with van der Waals surface area (Å²) in [5.41, 5.74) is 1.41. The molecule has 5 nitrogen and oxygen atoms in total. The van der Waals surface area contributed by atoms with Gasteiger partial charge in [-0.3, -0.25) is 9.67 Å². The molecule has 130 valence electrons. The minimum Gasteiger partial charge on any atom is -0.352 e. The molecule has 0 radical (unpaired) electrons. The molecule has 0 amide bonds. The molecule has 2 aromatic rings. The van der Waals surface area contributed by atoms with Crippen LogP contribution >= 0.6 is 0 Å². The van der Waals surface area contributed by atoms with Crippen molar-refractivity contribution in [2.45, 2.75) is 26.2 Å². The van der Waals surface area contributed by atoms with E-state index in [4.69, 9.17) is 0 Å². The summed E-state index contributed by atoms with van der Waals surface area (Å²) in [4.78, 5) is 4.02. The van der Waals surface area contributed by atoms with Crippen molar-refractivity contribution in [1.29, 1.82) is 0 Å². The fourth-order valence-corrected chi connectivity index (χ4v) is 2.20. The maximum absolute atomic E-state index is 12.9. The van der Waals surface area contributed by atoms with Crippen LogP contribution in [0.4, 0.5) is 13.2 Å². The lowest BCUT2D eigenvalue weighted by molar-refractivity contribution is -0.142. The van der Waals surface area contributed by atoms with Crippen LogP contribution in [-0.2, 0) is 26.3 Å². The maximum atomic E-state index is 12.9. The zero-order valence-corrected chi connectivity index (χ0v) is 13.8. The number of hydrogen-bond donors (Lipinski definition) is 2. The molecule has 0 unspecified atom stereocenters. The highest BCUT2D eigenvalue weighted by Gasteiger charge is 2.36. The second-order valence-electron chi connectivity index (χ2n) is 5.44. The highest BCUT2D eigenvalue weighted by Crippen LogP contribution is 2.30. The van der Waals surface area contributed by atoms with E-state index < -0.39 is 11.9 Å². The van der Waals surface area contributed by atoms with Crippen molar-refractivity contribution in [3.63, 3.8) is 0 Å². The largest absolute Gasteiger partial charge is 0.435 e. The van der Waals surface area contributed by atoms with Crippen LogP contribution in [0.2, 0.25) is 0 Å². The first-order valence-electron chi connectivity index (χ1n) is 7.39. The van der Waals surface area contributed by atoms with Crippen molar-refractivity contribution < 1.29 is 13.2 Å². The number of halogens is 3. The molecule has 2 N–H and O–H groups in total. The van der Waals surface area contributed by atoms with Gasteiger partial charge in [-0.15, -0.1) is 0 Å². The van der Waals surface area contributed by atoms with Crippen LogP contribution < -0.4 is 10.6 Å². The van der Waals surface area contributed by atoms with Crippen molar-refractivity contribution in [2.24, 2.45) is 12.0 Å². The van der Waals surface area contributed by atoms with E-state index in [1.165, 1.54) is 13.2 Å². The van der Waals surface area contributed by atoms with E-state index in [2.05, 4.69) is 20.7 Å². The number of aromatic nitrogens is 2. The molecule has 0 bridgehead atoms. The fourth-order valence-electron chi connectivity index (χ4n) is 2.20. The molecule has 1 heterocycles. The third-order valence-electron chi connectivity index (χ3n) is 3.42. The van der Waals surface area contributed by atoms with E-state index >= 15 is 0 Å². The quantitative estimate of drug-likeness (QED) is 0.665. The third kappa shape index (κ3) is 4.74. The molecule has 0 aliphatic rings. The van der Waals surface area contributed by atoms with Gasteiger partial charge in [0, 0.05) is 38.9 Å². The van der Waals surface area contributed by atoms with Gasteiger partial charge < -0.3 is 10.6 Å². The van der Waals surface area contributed by atoms with E-state index in [0.717, 1.165) is 15.8 Å². The topological polar surface area (TPSA) is 54.2 Å². The lowest BCUT2D eigenvalue weighted by atomic mass is 10.1. The Kier molecular flexibility index (Phi) is 5.48. The molecule has 0 saturated heterocycles. The van der Waals surface area contributed by atoms with Crippen LogP contribution in [-0.4, -0.2) is 22.8 Å². The van der Waals surface area contributed by atoms with Crippen LogP contribution in [0.25, 0.3) is 0 Å². The number of nitrogens with zero attached hydrogens (tertiary/aromatic N) is 3. The number of aryl methyl sites for hydroxylation is 2. The molecular formula is C16H20F3N5. The molecule has 0 fully saturated rings. The van der Waals surface area contributed by atoms with Crippen molar-refractivity contribution in [2.75, 3.05) is 7.05 Å². The van der Waals surface area contributed by atoms with Gasteiger partial charge in [-0.25, -0.2) is 0 Å². The minimum atomic E-state index is -4.48. The maximum Gasteiger partial charge on any atom is 0.435 e. The van der Waals surface area contributed by atoms with Crippen LogP contribution in [0.3, 0.4) is 0 Å². The smallest absolute Gasteiger partial charge is 0.352 e. The van der Waals surface area contributed by atoms with Crippen LogP contribution in [0, 0.1) is 6.92 Å². The highest BCUT2D eigenvalue weighted by molar-refractivity contribution is 5.79. The Morgan fingerprint density at radius 3 is 2.38 bits per heavy atom. The summed E-state index contributed by atoms with van der Waals surface area (Å²) in [7, 11) is 3.03. The van der Waals surface area contributed by atoms with E-state index in [1.807, 2.05) is 31.2 Å². The van der Waals surface area contributed by atoms with Gasteiger partial charge in [0.25, 0.3) is 0 Å². The summed E-state index contributed by atoms with van der Waals surface area (Å²) in [5, 5.41) is 9.43. The Hall–Kier alpha value is -2.51. The molecule has 8 heteroatoms. The van der Waals surface area contributed by atoms with Crippen molar-refractivity contribution in [3.05, 3.63) is 52.8 Å². The van der Waals surface area contributed by atoms with Gasteiger partial charge in [-0.2, -0.15) is 18.3 Å². The Balaban J connectivity index is 1.96. The van der Waals surface area contributed by atoms with Gasteiger partial charge in [0.15, 0.2) is 11.7 Å². The first-order valence-corrected chi connectivity index (χ1v) is 7.39. The summed E-state index contributed by atoms with van der Waals surface area (Å²) >= 11 is 0. The average Bonchev–Trinajstić information content (AvgIpc) is 2.90. The molecule has 2 rings (SSSR count). The normalized spacial score (nSPS) is 12.3. The molecule has 24 heavy (non-hydrogen) atoms. The fraction of sp³-hybridized carbons (Fsp3) is 0.375. The van der Waals surface area contributed by atoms with E-state index in [1.54, 1.807) is 7.05 Å². The number of nitrogens with one attached hydrogen (secondary N) is 2. The number of guanidine groups is 1. The van der Waals surface area contributed by atoms with E-state index in [0.29, 0.717) is 12.5 Å². The first kappa shape index (κ1) is 17.8. The van der Waals surface area contributed by atoms with Gasteiger partial charge >= 0.3 is 6.18 Å². The molecule has 0 aliphatic heterocycles. The zero-order chi connectivity index (χ0) is 17.7. The second kappa shape index (κ2) is 7.37. The standard InChI is InChI=1S/C16H20F3N5/c1-11-4-6-12(7-5-11)8-21-15(20-2)22-9-13-10-24(3)23-14(13)16(17,18)19/h4-7,10H,8-9H2,1-3H3,(H2,20,21,22). The third-order valence-corrected chi connectivity index (χ3v) is 3.42. The number of benzene rings is 1. The molecule has 0 aliphatic carbocycles. The summed E-state index contributed by atoms with van der Waals surface area (Å²) < 4.78 is 39.9. The molecule has 1 aromatic carbocycles. The predicted molar refractivity (Wildman–Crippen MR) is 86.4 cm³/mol. The number of hydrogen-bond acceptors (Lipinski definition) is 2. The molecule has 0 saturated carbocycles. The average molecular weight is 339 g/mol. The van der Waals surface area contributed by atoms with Crippen LogP contribution in [0.15, 0.2) is 35.5 Å². The van der Waals surface area contributed by atoms with E-state index in [9.17, 15) is 13.2 Å². The Morgan fingerprint density at radius 2 is 1.79 bits per heavy atom. The Morgan fingerprint density at radius 1 is 1.17 bits per heavy atom. The van der Waals surface area contributed by atoms with Gasteiger partial charge in [0.2, 0.25) is 0 Å². The molecule has 0 spiro atoms. The van der Waals surface area contributed by atoms with Gasteiger partial charge in [0.1, 0.15) is 0 Å². The molecular weight excluding hydrogens is 319 g/mol. The molecule has 1 aromatic heterocycles. The molecule has 0 atom stereocenters. The van der Waals surface area contributed by atoms with Crippen LogP contribution in [0.5, 0.6) is 0 Å². The zero-order valence-electron chi connectivity index (χ0n) is 13.8. The Labute approximate surface area is 138 Å². The van der Waals surface area contributed by atoms with Crippen molar-refractivity contribution >= 4 is 5.96 Å². The van der Waals surface area contributed by atoms with Crippen LogP contribution in [0.1, 0.15) is 22.4 Å².